The molecule has 0 unspecified atom stereocenters. The molecule has 0 aromatic heterocycles. The second-order valence-corrected chi connectivity index (χ2v) is 5.29. The summed E-state index contributed by atoms with van der Waals surface area (Å²) in [5.74, 6) is 0.613. The van der Waals surface area contributed by atoms with E-state index < -0.39 is 6.04 Å². The third-order valence-corrected chi connectivity index (χ3v) is 2.65. The van der Waals surface area contributed by atoms with Crippen LogP contribution in [0.4, 0.5) is 5.69 Å². The Balaban J connectivity index is 0.00000324. The summed E-state index contributed by atoms with van der Waals surface area (Å²) >= 11 is 0. The average Bonchev–Trinajstić information content (AvgIpc) is 2.30. The molecule has 1 atom stereocenters. The predicted molar refractivity (Wildman–Crippen MR) is 80.9 cm³/mol. The van der Waals surface area contributed by atoms with Crippen LogP contribution >= 0.6 is 12.4 Å². The quantitative estimate of drug-likeness (QED) is 0.894. The van der Waals surface area contributed by atoms with Crippen molar-refractivity contribution in [3.8, 4) is 5.75 Å². The number of carbonyl (C=O) groups excluding carboxylic acids is 1. The summed E-state index contributed by atoms with van der Waals surface area (Å²) in [6.07, 6.45) is 0. The van der Waals surface area contributed by atoms with E-state index in [2.05, 4.69) is 5.32 Å². The van der Waals surface area contributed by atoms with Crippen molar-refractivity contribution in [2.24, 2.45) is 11.1 Å². The predicted octanol–water partition coefficient (Wildman–Crippen LogP) is 2.82. The summed E-state index contributed by atoms with van der Waals surface area (Å²) < 4.78 is 5.33. The second kappa shape index (κ2) is 7.36. The van der Waals surface area contributed by atoms with Crippen molar-refractivity contribution in [2.75, 3.05) is 11.9 Å². The maximum Gasteiger partial charge on any atom is 0.241 e. The molecule has 0 saturated carbocycles. The standard InChI is InChI=1S/C14H22N2O2.ClH/c1-5-18-11-8-6-10(7-9-11)16-13(17)12(15)14(2,3)4;/h6-9,12H,5,15H2,1-4H3,(H,16,17);1H/t12-;/m1./s1. The number of carbonyl (C=O) groups is 1. The molecule has 0 aliphatic heterocycles. The van der Waals surface area contributed by atoms with Gasteiger partial charge in [-0.2, -0.15) is 0 Å². The highest BCUT2D eigenvalue weighted by Gasteiger charge is 2.27. The van der Waals surface area contributed by atoms with Crippen LogP contribution in [-0.2, 0) is 4.79 Å². The van der Waals surface area contributed by atoms with Gasteiger partial charge in [-0.1, -0.05) is 20.8 Å². The first-order valence-electron chi connectivity index (χ1n) is 6.14. The molecule has 1 aromatic rings. The fraction of sp³-hybridized carbons (Fsp3) is 0.500. The first kappa shape index (κ1) is 17.7. The summed E-state index contributed by atoms with van der Waals surface area (Å²) in [6.45, 7) is 8.37. The smallest absolute Gasteiger partial charge is 0.241 e. The molecule has 1 rings (SSSR count). The van der Waals surface area contributed by atoms with E-state index in [1.165, 1.54) is 0 Å². The lowest BCUT2D eigenvalue weighted by atomic mass is 9.87. The van der Waals surface area contributed by atoms with Crippen molar-refractivity contribution in [2.45, 2.75) is 33.7 Å². The summed E-state index contributed by atoms with van der Waals surface area (Å²) in [6, 6.07) is 6.71. The minimum absolute atomic E-state index is 0. The van der Waals surface area contributed by atoms with Crippen LogP contribution in [0, 0.1) is 5.41 Å². The molecule has 0 aliphatic carbocycles. The largest absolute Gasteiger partial charge is 0.494 e. The monoisotopic (exact) mass is 286 g/mol. The summed E-state index contributed by atoms with van der Waals surface area (Å²) in [4.78, 5) is 11.9. The van der Waals surface area contributed by atoms with E-state index in [1.54, 1.807) is 12.1 Å². The van der Waals surface area contributed by atoms with Crippen LogP contribution in [0.15, 0.2) is 24.3 Å². The van der Waals surface area contributed by atoms with Crippen LogP contribution in [0.2, 0.25) is 0 Å². The molecule has 4 nitrogen and oxygen atoms in total. The number of nitrogens with one attached hydrogen (secondary N) is 1. The SMILES string of the molecule is CCOc1ccc(NC(=O)[C@@H](N)C(C)(C)C)cc1.Cl. The Labute approximate surface area is 121 Å². The normalized spacial score (nSPS) is 12.3. The van der Waals surface area contributed by atoms with Crippen molar-refractivity contribution in [3.05, 3.63) is 24.3 Å². The van der Waals surface area contributed by atoms with Crippen LogP contribution in [0.3, 0.4) is 0 Å². The number of benzene rings is 1. The summed E-state index contributed by atoms with van der Waals surface area (Å²) in [5.41, 5.74) is 6.35. The zero-order valence-corrected chi connectivity index (χ0v) is 12.7. The van der Waals surface area contributed by atoms with Crippen LogP contribution in [0.1, 0.15) is 27.7 Å². The van der Waals surface area contributed by atoms with Gasteiger partial charge in [0.05, 0.1) is 12.6 Å². The number of ether oxygens (including phenoxy) is 1. The highest BCUT2D eigenvalue weighted by atomic mass is 35.5. The van der Waals surface area contributed by atoms with Gasteiger partial charge in [-0.05, 0) is 36.6 Å². The summed E-state index contributed by atoms with van der Waals surface area (Å²) in [7, 11) is 0. The average molecular weight is 287 g/mol. The molecule has 108 valence electrons. The Kier molecular flexibility index (Phi) is 6.87. The van der Waals surface area contributed by atoms with E-state index >= 15 is 0 Å². The molecule has 1 amide bonds. The van der Waals surface area contributed by atoms with Gasteiger partial charge in [0.1, 0.15) is 5.75 Å². The Morgan fingerprint density at radius 2 is 1.84 bits per heavy atom. The molecule has 19 heavy (non-hydrogen) atoms. The number of hydrogen-bond donors (Lipinski definition) is 2. The Morgan fingerprint density at radius 1 is 1.32 bits per heavy atom. The molecule has 0 fully saturated rings. The lowest BCUT2D eigenvalue weighted by Gasteiger charge is -2.25. The third kappa shape index (κ3) is 5.49. The van der Waals surface area contributed by atoms with Crippen molar-refractivity contribution in [1.82, 2.24) is 0 Å². The molecule has 0 spiro atoms. The number of amides is 1. The first-order valence-corrected chi connectivity index (χ1v) is 6.14. The molecular formula is C14H23ClN2O2. The van der Waals surface area contributed by atoms with Crippen LogP contribution in [0.5, 0.6) is 5.75 Å². The van der Waals surface area contributed by atoms with Gasteiger partial charge in [0, 0.05) is 5.69 Å². The van der Waals surface area contributed by atoms with E-state index in [9.17, 15) is 4.79 Å². The molecule has 0 bridgehead atoms. The summed E-state index contributed by atoms with van der Waals surface area (Å²) in [5, 5.41) is 2.80. The van der Waals surface area contributed by atoms with E-state index in [1.807, 2.05) is 39.8 Å². The highest BCUT2D eigenvalue weighted by molar-refractivity contribution is 5.95. The Hall–Kier alpha value is -1.26. The van der Waals surface area contributed by atoms with Gasteiger partial charge in [0.25, 0.3) is 0 Å². The second-order valence-electron chi connectivity index (χ2n) is 5.29. The maximum absolute atomic E-state index is 11.9. The number of halogens is 1. The number of nitrogens with two attached hydrogens (primary N) is 1. The molecule has 3 N–H and O–H groups in total. The third-order valence-electron chi connectivity index (χ3n) is 2.65. The van der Waals surface area contributed by atoms with Gasteiger partial charge in [-0.3, -0.25) is 4.79 Å². The molecule has 0 aliphatic rings. The zero-order chi connectivity index (χ0) is 13.8. The first-order chi connectivity index (χ1) is 8.34. The van der Waals surface area contributed by atoms with Gasteiger partial charge < -0.3 is 15.8 Å². The molecule has 1 aromatic carbocycles. The van der Waals surface area contributed by atoms with Gasteiger partial charge in [0.15, 0.2) is 0 Å². The lowest BCUT2D eigenvalue weighted by Crippen LogP contribution is -2.45. The van der Waals surface area contributed by atoms with Gasteiger partial charge in [-0.15, -0.1) is 12.4 Å². The molecule has 0 radical (unpaired) electrons. The maximum atomic E-state index is 11.9. The Morgan fingerprint density at radius 3 is 2.26 bits per heavy atom. The Bertz CT molecular complexity index is 399. The topological polar surface area (TPSA) is 64.3 Å². The number of anilines is 1. The fourth-order valence-corrected chi connectivity index (χ4v) is 1.41. The van der Waals surface area contributed by atoms with Gasteiger partial charge in [0.2, 0.25) is 5.91 Å². The van der Waals surface area contributed by atoms with Crippen molar-refractivity contribution in [1.29, 1.82) is 0 Å². The lowest BCUT2D eigenvalue weighted by molar-refractivity contribution is -0.119. The van der Waals surface area contributed by atoms with Crippen LogP contribution in [0.25, 0.3) is 0 Å². The van der Waals surface area contributed by atoms with Gasteiger partial charge >= 0.3 is 0 Å². The highest BCUT2D eigenvalue weighted by Crippen LogP contribution is 2.20. The van der Waals surface area contributed by atoms with Crippen molar-refractivity contribution < 1.29 is 9.53 Å². The molecule has 5 heteroatoms. The number of rotatable bonds is 4. The van der Waals surface area contributed by atoms with E-state index in [0.29, 0.717) is 6.61 Å². The molecular weight excluding hydrogens is 264 g/mol. The van der Waals surface area contributed by atoms with Crippen molar-refractivity contribution >= 4 is 24.0 Å². The van der Waals surface area contributed by atoms with E-state index in [0.717, 1.165) is 11.4 Å². The minimum atomic E-state index is -0.538. The van der Waals surface area contributed by atoms with Gasteiger partial charge in [-0.25, -0.2) is 0 Å². The zero-order valence-electron chi connectivity index (χ0n) is 11.9. The number of hydrogen-bond acceptors (Lipinski definition) is 3. The fourth-order valence-electron chi connectivity index (χ4n) is 1.41. The molecule has 0 saturated heterocycles. The van der Waals surface area contributed by atoms with Crippen LogP contribution < -0.4 is 15.8 Å². The van der Waals surface area contributed by atoms with Crippen LogP contribution in [-0.4, -0.2) is 18.6 Å². The van der Waals surface area contributed by atoms with E-state index in [4.69, 9.17) is 10.5 Å². The molecule has 0 heterocycles. The minimum Gasteiger partial charge on any atom is -0.494 e. The van der Waals surface area contributed by atoms with Crippen molar-refractivity contribution in [3.63, 3.8) is 0 Å². The van der Waals surface area contributed by atoms with E-state index in [-0.39, 0.29) is 23.7 Å².